The summed E-state index contributed by atoms with van der Waals surface area (Å²) >= 11 is 8.23. The average molecular weight is 391 g/mol. The molecule has 5 heteroatoms. The first-order chi connectivity index (χ1) is 9.01. The van der Waals surface area contributed by atoms with Gasteiger partial charge in [0.15, 0.2) is 0 Å². The van der Waals surface area contributed by atoms with E-state index in [1.54, 1.807) is 0 Å². The molecule has 0 aromatic heterocycles. The van der Waals surface area contributed by atoms with Gasteiger partial charge in [0.05, 0.1) is 6.04 Å². The minimum absolute atomic E-state index is 0.271. The lowest BCUT2D eigenvalue weighted by Crippen LogP contribution is -2.29. The average Bonchev–Trinajstić information content (AvgIpc) is 2.33. The summed E-state index contributed by atoms with van der Waals surface area (Å²) in [6.45, 7) is 1.85. The number of aryl methyl sites for hydroxylation is 1. The van der Waals surface area contributed by atoms with E-state index in [-0.39, 0.29) is 11.9 Å². The van der Waals surface area contributed by atoms with Crippen molar-refractivity contribution in [2.75, 3.05) is 0 Å². The van der Waals surface area contributed by atoms with E-state index in [1.165, 1.54) is 12.1 Å². The van der Waals surface area contributed by atoms with Gasteiger partial charge < -0.3 is 0 Å². The summed E-state index contributed by atoms with van der Waals surface area (Å²) in [5, 5.41) is 0.629. The summed E-state index contributed by atoms with van der Waals surface area (Å²) in [6.07, 6.45) is 0. The van der Waals surface area contributed by atoms with Crippen molar-refractivity contribution in [3.63, 3.8) is 0 Å². The smallest absolute Gasteiger partial charge is 0.123 e. The van der Waals surface area contributed by atoms with Crippen LogP contribution >= 0.6 is 34.2 Å². The van der Waals surface area contributed by atoms with E-state index >= 15 is 0 Å². The number of halogens is 3. The van der Waals surface area contributed by atoms with Crippen LogP contribution in [0.1, 0.15) is 22.7 Å². The summed E-state index contributed by atoms with van der Waals surface area (Å²) in [5.41, 5.74) is 5.29. The molecule has 1 unspecified atom stereocenters. The fourth-order valence-corrected chi connectivity index (χ4v) is 2.86. The molecular formula is C14H13ClFIN2. The summed E-state index contributed by atoms with van der Waals surface area (Å²) in [4.78, 5) is 0. The Balaban J connectivity index is 2.52. The van der Waals surface area contributed by atoms with Gasteiger partial charge in [0.1, 0.15) is 5.82 Å². The summed E-state index contributed by atoms with van der Waals surface area (Å²) in [6, 6.07) is 10.2. The molecule has 0 radical (unpaired) electrons. The van der Waals surface area contributed by atoms with Crippen molar-refractivity contribution in [2.45, 2.75) is 13.0 Å². The first-order valence-electron chi connectivity index (χ1n) is 5.69. The van der Waals surface area contributed by atoms with E-state index in [4.69, 9.17) is 17.4 Å². The molecule has 2 aromatic rings. The van der Waals surface area contributed by atoms with Gasteiger partial charge >= 0.3 is 0 Å². The molecule has 0 aliphatic carbocycles. The van der Waals surface area contributed by atoms with Gasteiger partial charge in [-0.05, 0) is 76.5 Å². The summed E-state index contributed by atoms with van der Waals surface area (Å²) in [7, 11) is 0. The maximum absolute atomic E-state index is 13.5. The molecule has 2 nitrogen and oxygen atoms in total. The normalized spacial score (nSPS) is 12.5. The zero-order valence-corrected chi connectivity index (χ0v) is 13.2. The fraction of sp³-hybridized carbons (Fsp3) is 0.143. The van der Waals surface area contributed by atoms with Crippen molar-refractivity contribution in [3.05, 3.63) is 67.5 Å². The van der Waals surface area contributed by atoms with E-state index in [9.17, 15) is 4.39 Å². The van der Waals surface area contributed by atoms with Gasteiger partial charge in [-0.15, -0.1) is 0 Å². The highest BCUT2D eigenvalue weighted by molar-refractivity contribution is 14.1. The predicted octanol–water partition coefficient (Wildman–Crippen LogP) is 3.94. The Morgan fingerprint density at radius 1 is 1.26 bits per heavy atom. The highest BCUT2D eigenvalue weighted by atomic mass is 127. The third-order valence-electron chi connectivity index (χ3n) is 2.83. The quantitative estimate of drug-likeness (QED) is 0.473. The molecule has 0 bridgehead atoms. The zero-order chi connectivity index (χ0) is 14.0. The fourth-order valence-electron chi connectivity index (χ4n) is 2.03. The lowest BCUT2D eigenvalue weighted by molar-refractivity contribution is 0.603. The van der Waals surface area contributed by atoms with Crippen molar-refractivity contribution in [1.29, 1.82) is 0 Å². The Kier molecular flexibility index (Phi) is 4.78. The first kappa shape index (κ1) is 14.7. The van der Waals surface area contributed by atoms with Gasteiger partial charge in [0, 0.05) is 8.59 Å². The Bertz CT molecular complexity index is 584. The molecule has 0 spiro atoms. The molecule has 0 saturated heterocycles. The molecule has 2 rings (SSSR count). The number of benzene rings is 2. The van der Waals surface area contributed by atoms with Crippen LogP contribution in [-0.2, 0) is 0 Å². The molecule has 2 aromatic carbocycles. The number of hydrogen-bond acceptors (Lipinski definition) is 2. The molecule has 1 atom stereocenters. The Morgan fingerprint density at radius 3 is 2.63 bits per heavy atom. The van der Waals surface area contributed by atoms with Crippen LogP contribution in [0.25, 0.3) is 0 Å². The number of nitrogens with two attached hydrogens (primary N) is 1. The summed E-state index contributed by atoms with van der Waals surface area (Å²) < 4.78 is 14.5. The Morgan fingerprint density at radius 2 is 2.00 bits per heavy atom. The molecule has 3 N–H and O–H groups in total. The van der Waals surface area contributed by atoms with E-state index in [2.05, 4.69) is 28.0 Å². The molecule has 0 aliphatic heterocycles. The number of hydrogen-bond donors (Lipinski definition) is 2. The molecule has 0 saturated carbocycles. The zero-order valence-electron chi connectivity index (χ0n) is 10.3. The van der Waals surface area contributed by atoms with Crippen LogP contribution in [0.3, 0.4) is 0 Å². The molecule has 19 heavy (non-hydrogen) atoms. The first-order valence-corrected chi connectivity index (χ1v) is 7.15. The standard InChI is InChI=1S/C14H13ClFIN2/c1-8-4-9(6-11(16)5-8)14(19-18)12-7-10(15)2-3-13(12)17/h2-7,14,19H,18H2,1H3. The van der Waals surface area contributed by atoms with Crippen molar-refractivity contribution in [3.8, 4) is 0 Å². The second-order valence-corrected chi connectivity index (χ2v) is 5.93. The summed E-state index contributed by atoms with van der Waals surface area (Å²) in [5.74, 6) is 5.37. The van der Waals surface area contributed by atoms with Gasteiger partial charge in [-0.25, -0.2) is 9.82 Å². The lowest BCUT2D eigenvalue weighted by atomic mass is 9.98. The largest absolute Gasteiger partial charge is 0.271 e. The van der Waals surface area contributed by atoms with Gasteiger partial charge in [-0.1, -0.05) is 17.7 Å². The molecule has 0 amide bonds. The molecule has 100 valence electrons. The van der Waals surface area contributed by atoms with Gasteiger partial charge in [0.25, 0.3) is 0 Å². The van der Waals surface area contributed by atoms with E-state index in [1.807, 2.05) is 31.2 Å². The lowest BCUT2D eigenvalue weighted by Gasteiger charge is -2.19. The van der Waals surface area contributed by atoms with Crippen molar-refractivity contribution in [2.24, 2.45) is 5.84 Å². The second-order valence-electron chi connectivity index (χ2n) is 4.33. The van der Waals surface area contributed by atoms with Crippen LogP contribution < -0.4 is 11.3 Å². The highest BCUT2D eigenvalue weighted by Crippen LogP contribution is 2.29. The molecular weight excluding hydrogens is 378 g/mol. The number of hydrazine groups is 1. The SMILES string of the molecule is Cc1cc(F)cc(C(NN)c2cc(Cl)ccc2I)c1. The van der Waals surface area contributed by atoms with Gasteiger partial charge in [-0.3, -0.25) is 5.84 Å². The maximum atomic E-state index is 13.5. The van der Waals surface area contributed by atoms with Gasteiger partial charge in [0.2, 0.25) is 0 Å². The van der Waals surface area contributed by atoms with Crippen LogP contribution in [0.15, 0.2) is 36.4 Å². The van der Waals surface area contributed by atoms with Crippen LogP contribution in [0, 0.1) is 16.3 Å². The van der Waals surface area contributed by atoms with Crippen LogP contribution in [0.4, 0.5) is 4.39 Å². The van der Waals surface area contributed by atoms with E-state index < -0.39 is 0 Å². The minimum Gasteiger partial charge on any atom is -0.271 e. The Hall–Kier alpha value is -0.690. The second kappa shape index (κ2) is 6.17. The molecule has 0 aliphatic rings. The van der Waals surface area contributed by atoms with Crippen molar-refractivity contribution in [1.82, 2.24) is 5.43 Å². The predicted molar refractivity (Wildman–Crippen MR) is 84.5 cm³/mol. The number of nitrogens with one attached hydrogen (secondary N) is 1. The van der Waals surface area contributed by atoms with Crippen molar-refractivity contribution < 1.29 is 4.39 Å². The minimum atomic E-state index is -0.292. The topological polar surface area (TPSA) is 38.0 Å². The van der Waals surface area contributed by atoms with Crippen LogP contribution in [0.5, 0.6) is 0 Å². The van der Waals surface area contributed by atoms with Crippen molar-refractivity contribution >= 4 is 34.2 Å². The van der Waals surface area contributed by atoms with E-state index in [0.29, 0.717) is 5.02 Å². The third kappa shape index (κ3) is 3.45. The number of rotatable bonds is 3. The maximum Gasteiger partial charge on any atom is 0.123 e. The van der Waals surface area contributed by atoms with Gasteiger partial charge in [-0.2, -0.15) is 0 Å². The monoisotopic (exact) mass is 390 g/mol. The molecule has 0 fully saturated rings. The van der Waals surface area contributed by atoms with Crippen LogP contribution in [0.2, 0.25) is 5.02 Å². The highest BCUT2D eigenvalue weighted by Gasteiger charge is 2.17. The molecule has 0 heterocycles. The van der Waals surface area contributed by atoms with Crippen LogP contribution in [-0.4, -0.2) is 0 Å². The third-order valence-corrected chi connectivity index (χ3v) is 4.05. The Labute approximate surface area is 130 Å². The van der Waals surface area contributed by atoms with E-state index in [0.717, 1.165) is 20.3 Å².